The summed E-state index contributed by atoms with van der Waals surface area (Å²) >= 11 is 0. The van der Waals surface area contributed by atoms with Crippen molar-refractivity contribution in [2.45, 2.75) is 5.41 Å². The van der Waals surface area contributed by atoms with Gasteiger partial charge < -0.3 is 14.2 Å². The molecular weight excluding hydrogens is 705 g/mol. The maximum atomic E-state index is 6.45. The van der Waals surface area contributed by atoms with Crippen molar-refractivity contribution in [2.75, 3.05) is 9.80 Å². The lowest BCUT2D eigenvalue weighted by molar-refractivity contribution is 0.669. The molecule has 0 amide bonds. The van der Waals surface area contributed by atoms with Gasteiger partial charge in [0.15, 0.2) is 0 Å². The van der Waals surface area contributed by atoms with Crippen LogP contribution in [-0.4, -0.2) is 0 Å². The third-order valence-corrected chi connectivity index (χ3v) is 12.2. The van der Waals surface area contributed by atoms with Gasteiger partial charge in [-0.05, 0) is 112 Å². The van der Waals surface area contributed by atoms with Crippen LogP contribution in [0.15, 0.2) is 223 Å². The molecule has 0 radical (unpaired) electrons. The smallest absolute Gasteiger partial charge is 0.137 e. The zero-order valence-corrected chi connectivity index (χ0v) is 31.6. The first kappa shape index (κ1) is 32.6. The topological polar surface area (TPSA) is 19.6 Å². The molecule has 0 N–H and O–H groups in total. The Bertz CT molecular complexity index is 3150. The number of anilines is 6. The number of nitrogens with zero attached hydrogens (tertiary/aromatic N) is 2. The predicted molar refractivity (Wildman–Crippen MR) is 239 cm³/mol. The van der Waals surface area contributed by atoms with Gasteiger partial charge in [0.2, 0.25) is 0 Å². The molecule has 1 heterocycles. The Morgan fingerprint density at radius 2 is 0.828 bits per heavy atom. The van der Waals surface area contributed by atoms with Gasteiger partial charge in [-0.25, -0.2) is 0 Å². The van der Waals surface area contributed by atoms with Crippen LogP contribution in [0.4, 0.5) is 34.1 Å². The van der Waals surface area contributed by atoms with Gasteiger partial charge in [0.25, 0.3) is 0 Å². The van der Waals surface area contributed by atoms with E-state index < -0.39 is 5.41 Å². The molecule has 12 rings (SSSR count). The van der Waals surface area contributed by atoms with Crippen molar-refractivity contribution in [1.29, 1.82) is 0 Å². The molecular formula is C55H36N2O. The number of benzene rings is 9. The van der Waals surface area contributed by atoms with Crippen LogP contribution in [0, 0.1) is 0 Å². The number of hydrogen-bond donors (Lipinski definition) is 0. The lowest BCUT2D eigenvalue weighted by Gasteiger charge is -2.33. The molecule has 1 unspecified atom stereocenters. The first-order chi connectivity index (χ1) is 28.8. The third kappa shape index (κ3) is 4.62. The summed E-state index contributed by atoms with van der Waals surface area (Å²) in [5.74, 6) is 0. The van der Waals surface area contributed by atoms with E-state index in [9.17, 15) is 0 Å². The monoisotopic (exact) mass is 740 g/mol. The van der Waals surface area contributed by atoms with Gasteiger partial charge in [-0.15, -0.1) is 0 Å². The molecule has 10 aromatic rings. The van der Waals surface area contributed by atoms with E-state index in [1.807, 2.05) is 12.1 Å². The number of rotatable bonds is 6. The predicted octanol–water partition coefficient (Wildman–Crippen LogP) is 14.9. The van der Waals surface area contributed by atoms with Crippen LogP contribution in [-0.2, 0) is 5.41 Å². The molecule has 3 nitrogen and oxygen atoms in total. The van der Waals surface area contributed by atoms with Crippen molar-refractivity contribution in [1.82, 2.24) is 0 Å². The zero-order chi connectivity index (χ0) is 38.2. The largest absolute Gasteiger partial charge is 0.456 e. The molecule has 1 spiro atoms. The molecule has 0 saturated carbocycles. The van der Waals surface area contributed by atoms with Gasteiger partial charge in [-0.1, -0.05) is 140 Å². The minimum Gasteiger partial charge on any atom is -0.456 e. The van der Waals surface area contributed by atoms with Crippen LogP contribution in [0.1, 0.15) is 22.3 Å². The molecule has 9 aromatic carbocycles. The van der Waals surface area contributed by atoms with Gasteiger partial charge in [-0.2, -0.15) is 0 Å². The van der Waals surface area contributed by atoms with Crippen molar-refractivity contribution in [3.8, 4) is 22.3 Å². The average molecular weight is 741 g/mol. The standard InChI is InChI=1S/C55H36N2O/c1-4-17-37(18-5-1)56(41-32-34-45-44-24-12-15-30-52(44)58-53(45)36-41)40-31-33-43-42-23-10-13-26-47(42)55(50(43)35-40)48-27-14-11-25-46(48)54-49(55)28-16-29-51(54)57(38-19-6-2-7-20-38)39-21-8-3-9-22-39/h1-36H. The maximum Gasteiger partial charge on any atom is 0.137 e. The summed E-state index contributed by atoms with van der Waals surface area (Å²) < 4.78 is 6.45. The summed E-state index contributed by atoms with van der Waals surface area (Å²) in [7, 11) is 0. The minimum absolute atomic E-state index is 0.548. The van der Waals surface area contributed by atoms with Crippen molar-refractivity contribution < 1.29 is 4.42 Å². The van der Waals surface area contributed by atoms with E-state index in [-0.39, 0.29) is 0 Å². The molecule has 58 heavy (non-hydrogen) atoms. The number of hydrogen-bond acceptors (Lipinski definition) is 3. The minimum atomic E-state index is -0.548. The summed E-state index contributed by atoms with van der Waals surface area (Å²) in [6, 6.07) is 79.2. The summed E-state index contributed by atoms with van der Waals surface area (Å²) in [6.45, 7) is 0. The molecule has 0 aliphatic heterocycles. The fourth-order valence-corrected chi connectivity index (χ4v) is 9.94. The van der Waals surface area contributed by atoms with Gasteiger partial charge in [-0.3, -0.25) is 0 Å². The first-order valence-corrected chi connectivity index (χ1v) is 19.9. The highest BCUT2D eigenvalue weighted by atomic mass is 16.3. The fraction of sp³-hybridized carbons (Fsp3) is 0.0182. The van der Waals surface area contributed by atoms with Gasteiger partial charge in [0.05, 0.1) is 11.1 Å². The Hall–Kier alpha value is -7.62. The molecule has 1 atom stereocenters. The number of fused-ring (bicyclic) bond motifs is 13. The van der Waals surface area contributed by atoms with Crippen LogP contribution in [0.2, 0.25) is 0 Å². The first-order valence-electron chi connectivity index (χ1n) is 19.9. The van der Waals surface area contributed by atoms with Crippen LogP contribution in [0.25, 0.3) is 44.2 Å². The molecule has 2 aliphatic carbocycles. The Labute approximate surface area is 337 Å². The fourth-order valence-electron chi connectivity index (χ4n) is 9.94. The highest BCUT2D eigenvalue weighted by molar-refractivity contribution is 6.06. The highest BCUT2D eigenvalue weighted by Crippen LogP contribution is 2.65. The normalized spacial score (nSPS) is 14.6. The van der Waals surface area contributed by atoms with Crippen LogP contribution in [0.5, 0.6) is 0 Å². The van der Waals surface area contributed by atoms with Crippen molar-refractivity contribution in [3.63, 3.8) is 0 Å². The second-order valence-electron chi connectivity index (χ2n) is 15.2. The van der Waals surface area contributed by atoms with E-state index in [0.717, 1.165) is 56.1 Å². The molecule has 1 aromatic heterocycles. The SMILES string of the molecule is c1ccc(N(c2ccc3c(c2)C2(c4ccccc4-3)c3ccccc3-c3c(N(c4ccccc4)c4ccccc4)cccc32)c2ccc3c(c2)oc2ccccc23)cc1. The number of furan rings is 1. The molecule has 2 aliphatic rings. The maximum absolute atomic E-state index is 6.45. The number of para-hydroxylation sites is 4. The Morgan fingerprint density at radius 3 is 1.55 bits per heavy atom. The Balaban J connectivity index is 1.12. The average Bonchev–Trinajstić information content (AvgIpc) is 3.92. The van der Waals surface area contributed by atoms with E-state index in [1.54, 1.807) is 0 Å². The second-order valence-corrected chi connectivity index (χ2v) is 15.2. The van der Waals surface area contributed by atoms with E-state index in [1.165, 1.54) is 44.5 Å². The molecule has 0 fully saturated rings. The molecule has 0 bridgehead atoms. The molecule has 0 saturated heterocycles. The van der Waals surface area contributed by atoms with Crippen LogP contribution >= 0.6 is 0 Å². The van der Waals surface area contributed by atoms with E-state index in [4.69, 9.17) is 4.42 Å². The van der Waals surface area contributed by atoms with Gasteiger partial charge >= 0.3 is 0 Å². The summed E-state index contributed by atoms with van der Waals surface area (Å²) in [5.41, 5.74) is 18.1. The van der Waals surface area contributed by atoms with Crippen LogP contribution < -0.4 is 9.80 Å². The molecule has 272 valence electrons. The second kappa shape index (κ2) is 12.7. The lowest BCUT2D eigenvalue weighted by atomic mass is 9.70. The van der Waals surface area contributed by atoms with Crippen LogP contribution in [0.3, 0.4) is 0 Å². The zero-order valence-electron chi connectivity index (χ0n) is 31.6. The van der Waals surface area contributed by atoms with Crippen molar-refractivity contribution >= 4 is 56.1 Å². The Morgan fingerprint density at radius 1 is 0.310 bits per heavy atom. The summed E-state index contributed by atoms with van der Waals surface area (Å²) in [6.07, 6.45) is 0. The van der Waals surface area contributed by atoms with E-state index in [2.05, 4.69) is 216 Å². The third-order valence-electron chi connectivity index (χ3n) is 12.2. The van der Waals surface area contributed by atoms with Gasteiger partial charge in [0, 0.05) is 50.8 Å². The quantitative estimate of drug-likeness (QED) is 0.169. The van der Waals surface area contributed by atoms with Gasteiger partial charge in [0.1, 0.15) is 11.2 Å². The summed E-state index contributed by atoms with van der Waals surface area (Å²) in [4.78, 5) is 4.78. The lowest BCUT2D eigenvalue weighted by Crippen LogP contribution is -2.26. The van der Waals surface area contributed by atoms with E-state index >= 15 is 0 Å². The molecule has 3 heteroatoms. The summed E-state index contributed by atoms with van der Waals surface area (Å²) in [5, 5.41) is 2.24. The van der Waals surface area contributed by atoms with Crippen molar-refractivity contribution in [3.05, 3.63) is 241 Å². The van der Waals surface area contributed by atoms with E-state index in [0.29, 0.717) is 0 Å². The Kier molecular flexibility index (Phi) is 7.14. The highest BCUT2D eigenvalue weighted by Gasteiger charge is 2.52. The van der Waals surface area contributed by atoms with Crippen molar-refractivity contribution in [2.24, 2.45) is 0 Å².